The van der Waals surface area contributed by atoms with Gasteiger partial charge in [0.15, 0.2) is 0 Å². The van der Waals surface area contributed by atoms with Crippen LogP contribution in [0.3, 0.4) is 0 Å². The van der Waals surface area contributed by atoms with E-state index in [0.29, 0.717) is 12.8 Å². The first-order chi connectivity index (χ1) is 8.97. The van der Waals surface area contributed by atoms with Crippen molar-refractivity contribution >= 4 is 5.69 Å². The summed E-state index contributed by atoms with van der Waals surface area (Å²) in [5.74, 6) is 0. The van der Waals surface area contributed by atoms with Crippen LogP contribution in [0.4, 0.5) is 18.9 Å². The van der Waals surface area contributed by atoms with Crippen molar-refractivity contribution in [1.82, 2.24) is 0 Å². The number of para-hydroxylation sites is 1. The summed E-state index contributed by atoms with van der Waals surface area (Å²) in [6, 6.07) is 5.84. The molecule has 0 aromatic heterocycles. The first kappa shape index (κ1) is 12.8. The number of hydrogen-bond acceptors (Lipinski definition) is 2. The van der Waals surface area contributed by atoms with Crippen molar-refractivity contribution in [2.75, 3.05) is 4.90 Å². The Balaban J connectivity index is 2.00. The fraction of sp³-hybridized carbons (Fsp3) is 0.571. The average Bonchev–Trinajstić information content (AvgIpc) is 2.60. The number of anilines is 1. The Kier molecular flexibility index (Phi) is 2.96. The predicted molar refractivity (Wildman–Crippen MR) is 66.0 cm³/mol. The van der Waals surface area contributed by atoms with E-state index < -0.39 is 11.7 Å². The summed E-state index contributed by atoms with van der Waals surface area (Å²) < 4.78 is 39.2. The Labute approximate surface area is 109 Å². The minimum Gasteiger partial charge on any atom is -0.393 e. The lowest BCUT2D eigenvalue weighted by atomic mass is 9.97. The SMILES string of the molecule is OC1CC2CCC(C1)N2c1ccccc1C(F)(F)F. The van der Waals surface area contributed by atoms with Crippen LogP contribution in [-0.2, 0) is 6.18 Å². The summed E-state index contributed by atoms with van der Waals surface area (Å²) in [6.45, 7) is 0. The zero-order chi connectivity index (χ0) is 13.6. The maximum atomic E-state index is 13.1. The molecule has 3 rings (SSSR count). The zero-order valence-corrected chi connectivity index (χ0v) is 10.4. The van der Waals surface area contributed by atoms with Crippen LogP contribution < -0.4 is 4.90 Å². The Morgan fingerprint density at radius 2 is 1.63 bits per heavy atom. The van der Waals surface area contributed by atoms with Crippen LogP contribution in [0, 0.1) is 0 Å². The third-order valence-electron chi connectivity index (χ3n) is 4.20. The molecule has 2 heterocycles. The Morgan fingerprint density at radius 1 is 1.05 bits per heavy atom. The molecule has 19 heavy (non-hydrogen) atoms. The summed E-state index contributed by atoms with van der Waals surface area (Å²) in [6.07, 6.45) is -1.81. The molecule has 0 radical (unpaired) electrons. The second kappa shape index (κ2) is 4.40. The Morgan fingerprint density at radius 3 is 2.21 bits per heavy atom. The maximum Gasteiger partial charge on any atom is 0.418 e. The van der Waals surface area contributed by atoms with Crippen molar-refractivity contribution in [2.24, 2.45) is 0 Å². The van der Waals surface area contributed by atoms with Crippen molar-refractivity contribution in [2.45, 2.75) is 50.0 Å². The normalized spacial score (nSPS) is 30.7. The fourth-order valence-electron chi connectivity index (χ4n) is 3.48. The molecule has 2 unspecified atom stereocenters. The third-order valence-corrected chi connectivity index (χ3v) is 4.20. The first-order valence-corrected chi connectivity index (χ1v) is 6.59. The summed E-state index contributed by atoms with van der Waals surface area (Å²) in [5.41, 5.74) is -0.294. The molecule has 0 saturated carbocycles. The summed E-state index contributed by atoms with van der Waals surface area (Å²) >= 11 is 0. The van der Waals surface area contributed by atoms with E-state index in [1.807, 2.05) is 4.90 Å². The number of aliphatic hydroxyl groups is 1. The number of nitrogens with zero attached hydrogens (tertiary/aromatic N) is 1. The lowest BCUT2D eigenvalue weighted by Crippen LogP contribution is -2.45. The summed E-state index contributed by atoms with van der Waals surface area (Å²) in [5, 5.41) is 9.73. The molecule has 2 fully saturated rings. The molecule has 104 valence electrons. The topological polar surface area (TPSA) is 23.5 Å². The van der Waals surface area contributed by atoms with Gasteiger partial charge < -0.3 is 10.0 Å². The van der Waals surface area contributed by atoms with E-state index >= 15 is 0 Å². The van der Waals surface area contributed by atoms with E-state index in [2.05, 4.69) is 0 Å². The Bertz CT molecular complexity index is 460. The molecule has 1 N–H and O–H groups in total. The van der Waals surface area contributed by atoms with Gasteiger partial charge in [-0.25, -0.2) is 0 Å². The molecule has 2 nitrogen and oxygen atoms in total. The number of alkyl halides is 3. The second-order valence-electron chi connectivity index (χ2n) is 5.43. The number of benzene rings is 1. The maximum absolute atomic E-state index is 13.1. The minimum atomic E-state index is -4.33. The standard InChI is InChI=1S/C14H16F3NO/c15-14(16,17)12-3-1-2-4-13(12)18-9-5-6-10(18)8-11(19)7-9/h1-4,9-11,19H,5-8H2. The highest BCUT2D eigenvalue weighted by molar-refractivity contribution is 5.58. The molecule has 2 atom stereocenters. The first-order valence-electron chi connectivity index (χ1n) is 6.59. The average molecular weight is 271 g/mol. The third kappa shape index (κ3) is 2.20. The van der Waals surface area contributed by atoms with Crippen molar-refractivity contribution in [1.29, 1.82) is 0 Å². The van der Waals surface area contributed by atoms with Gasteiger partial charge in [-0.05, 0) is 37.8 Å². The van der Waals surface area contributed by atoms with Gasteiger partial charge in [-0.2, -0.15) is 13.2 Å². The number of hydrogen-bond donors (Lipinski definition) is 1. The van der Waals surface area contributed by atoms with Gasteiger partial charge in [0.05, 0.1) is 11.7 Å². The van der Waals surface area contributed by atoms with Crippen LogP contribution in [0.5, 0.6) is 0 Å². The lowest BCUT2D eigenvalue weighted by Gasteiger charge is -2.40. The quantitative estimate of drug-likeness (QED) is 0.848. The van der Waals surface area contributed by atoms with Gasteiger partial charge in [0.25, 0.3) is 0 Å². The van der Waals surface area contributed by atoms with Crippen LogP contribution >= 0.6 is 0 Å². The molecule has 5 heteroatoms. The minimum absolute atomic E-state index is 0.0391. The second-order valence-corrected chi connectivity index (χ2v) is 5.43. The van der Waals surface area contributed by atoms with Crippen molar-refractivity contribution in [3.8, 4) is 0 Å². The lowest BCUT2D eigenvalue weighted by molar-refractivity contribution is -0.137. The molecule has 2 saturated heterocycles. The molecule has 2 aliphatic rings. The molecule has 2 bridgehead atoms. The number of rotatable bonds is 1. The molecular weight excluding hydrogens is 255 g/mol. The van der Waals surface area contributed by atoms with E-state index in [1.165, 1.54) is 6.07 Å². The summed E-state index contributed by atoms with van der Waals surface area (Å²) in [7, 11) is 0. The number of piperidine rings is 1. The van der Waals surface area contributed by atoms with E-state index in [9.17, 15) is 18.3 Å². The highest BCUT2D eigenvalue weighted by Gasteiger charge is 2.43. The molecule has 1 aromatic carbocycles. The molecule has 1 aromatic rings. The van der Waals surface area contributed by atoms with E-state index in [1.54, 1.807) is 12.1 Å². The highest BCUT2D eigenvalue weighted by Crippen LogP contribution is 2.44. The van der Waals surface area contributed by atoms with Crippen LogP contribution in [-0.4, -0.2) is 23.3 Å². The summed E-state index contributed by atoms with van der Waals surface area (Å²) in [4.78, 5) is 1.88. The van der Waals surface area contributed by atoms with Crippen molar-refractivity contribution in [3.63, 3.8) is 0 Å². The largest absolute Gasteiger partial charge is 0.418 e. The molecular formula is C14H16F3NO. The van der Waals surface area contributed by atoms with E-state index in [-0.39, 0.29) is 23.9 Å². The van der Waals surface area contributed by atoms with Gasteiger partial charge in [-0.3, -0.25) is 0 Å². The van der Waals surface area contributed by atoms with E-state index in [0.717, 1.165) is 18.9 Å². The number of aliphatic hydroxyl groups excluding tert-OH is 1. The van der Waals surface area contributed by atoms with Crippen molar-refractivity contribution in [3.05, 3.63) is 29.8 Å². The highest BCUT2D eigenvalue weighted by atomic mass is 19.4. The fourth-order valence-corrected chi connectivity index (χ4v) is 3.48. The molecule has 0 spiro atoms. The van der Waals surface area contributed by atoms with Gasteiger partial charge >= 0.3 is 6.18 Å². The molecule has 0 aliphatic carbocycles. The smallest absolute Gasteiger partial charge is 0.393 e. The van der Waals surface area contributed by atoms with Crippen LogP contribution in [0.15, 0.2) is 24.3 Å². The molecule has 0 amide bonds. The van der Waals surface area contributed by atoms with Crippen LogP contribution in [0.2, 0.25) is 0 Å². The van der Waals surface area contributed by atoms with Crippen LogP contribution in [0.25, 0.3) is 0 Å². The van der Waals surface area contributed by atoms with Crippen molar-refractivity contribution < 1.29 is 18.3 Å². The zero-order valence-electron chi connectivity index (χ0n) is 10.4. The monoisotopic (exact) mass is 271 g/mol. The predicted octanol–water partition coefficient (Wildman–Crippen LogP) is 3.20. The van der Waals surface area contributed by atoms with Gasteiger partial charge in [-0.15, -0.1) is 0 Å². The number of fused-ring (bicyclic) bond motifs is 2. The van der Waals surface area contributed by atoms with Gasteiger partial charge in [0, 0.05) is 17.8 Å². The van der Waals surface area contributed by atoms with E-state index in [4.69, 9.17) is 0 Å². The van der Waals surface area contributed by atoms with Gasteiger partial charge in [0.2, 0.25) is 0 Å². The van der Waals surface area contributed by atoms with Crippen LogP contribution in [0.1, 0.15) is 31.2 Å². The van der Waals surface area contributed by atoms with Gasteiger partial charge in [-0.1, -0.05) is 12.1 Å². The molecule has 2 aliphatic heterocycles. The van der Waals surface area contributed by atoms with Gasteiger partial charge in [0.1, 0.15) is 0 Å². The number of halogens is 3. The Hall–Kier alpha value is -1.23.